The normalized spacial score (nSPS) is 31.4. The Kier molecular flexibility index (Phi) is 1.90. The predicted molar refractivity (Wildman–Crippen MR) is 46.1 cm³/mol. The van der Waals surface area contributed by atoms with Gasteiger partial charge in [0.2, 0.25) is 0 Å². The zero-order chi connectivity index (χ0) is 7.73. The quantitative estimate of drug-likeness (QED) is 0.540. The topological polar surface area (TPSA) is 24.1 Å². The molecule has 0 saturated carbocycles. The summed E-state index contributed by atoms with van der Waals surface area (Å²) in [6.45, 7) is 5.88. The number of nitrogens with one attached hydrogen (secondary N) is 2. The lowest BCUT2D eigenvalue weighted by Gasteiger charge is -2.36. The molecular formula is C9H17N2. The van der Waals surface area contributed by atoms with Crippen molar-refractivity contribution in [2.45, 2.75) is 26.2 Å². The molecule has 2 nitrogen and oxygen atoms in total. The van der Waals surface area contributed by atoms with Crippen molar-refractivity contribution in [3.8, 4) is 0 Å². The standard InChI is InChI=1S/C9H17N2/c1-8-9(4-7-11-8)2-5-10-6-3-9/h10-11H,2-7H2,1H3. The first-order valence-electron chi connectivity index (χ1n) is 4.62. The van der Waals surface area contributed by atoms with Gasteiger partial charge in [-0.1, -0.05) is 0 Å². The lowest BCUT2D eigenvalue weighted by atomic mass is 9.74. The van der Waals surface area contributed by atoms with Crippen molar-refractivity contribution < 1.29 is 0 Å². The molecule has 0 bridgehead atoms. The Bertz CT molecular complexity index is 138. The molecule has 1 spiro atoms. The van der Waals surface area contributed by atoms with Crippen LogP contribution in [0.1, 0.15) is 26.2 Å². The lowest BCUT2D eigenvalue weighted by molar-refractivity contribution is 0.233. The number of piperidine rings is 1. The van der Waals surface area contributed by atoms with Crippen LogP contribution in [0.15, 0.2) is 0 Å². The highest BCUT2D eigenvalue weighted by atomic mass is 15.0. The van der Waals surface area contributed by atoms with Crippen molar-refractivity contribution >= 4 is 0 Å². The summed E-state index contributed by atoms with van der Waals surface area (Å²) < 4.78 is 0. The van der Waals surface area contributed by atoms with Gasteiger partial charge in [0.15, 0.2) is 0 Å². The molecule has 2 fully saturated rings. The van der Waals surface area contributed by atoms with E-state index in [2.05, 4.69) is 17.6 Å². The molecule has 2 aliphatic rings. The van der Waals surface area contributed by atoms with E-state index in [1.54, 1.807) is 6.04 Å². The molecule has 0 aliphatic carbocycles. The Labute approximate surface area is 68.7 Å². The average molecular weight is 153 g/mol. The second-order valence-electron chi connectivity index (χ2n) is 3.83. The van der Waals surface area contributed by atoms with Crippen molar-refractivity contribution in [3.63, 3.8) is 0 Å². The minimum Gasteiger partial charge on any atom is -0.317 e. The summed E-state index contributed by atoms with van der Waals surface area (Å²) >= 11 is 0. The van der Waals surface area contributed by atoms with E-state index < -0.39 is 0 Å². The van der Waals surface area contributed by atoms with Crippen LogP contribution in [0.2, 0.25) is 0 Å². The largest absolute Gasteiger partial charge is 0.317 e. The van der Waals surface area contributed by atoms with Gasteiger partial charge in [-0.15, -0.1) is 0 Å². The van der Waals surface area contributed by atoms with E-state index in [4.69, 9.17) is 0 Å². The van der Waals surface area contributed by atoms with Gasteiger partial charge in [0.25, 0.3) is 0 Å². The third-order valence-electron chi connectivity index (χ3n) is 3.35. The molecule has 63 valence electrons. The van der Waals surface area contributed by atoms with Crippen LogP contribution in [0.5, 0.6) is 0 Å². The van der Waals surface area contributed by atoms with Crippen molar-refractivity contribution in [3.05, 3.63) is 6.04 Å². The molecule has 2 heterocycles. The fraction of sp³-hybridized carbons (Fsp3) is 0.889. The molecule has 2 rings (SSSR count). The highest BCUT2D eigenvalue weighted by molar-refractivity contribution is 5.08. The van der Waals surface area contributed by atoms with E-state index in [0.29, 0.717) is 5.41 Å². The summed E-state index contributed by atoms with van der Waals surface area (Å²) in [5.41, 5.74) is 0.575. The maximum absolute atomic E-state index is 3.47. The van der Waals surface area contributed by atoms with Crippen LogP contribution in [-0.4, -0.2) is 19.6 Å². The lowest BCUT2D eigenvalue weighted by Crippen LogP contribution is -2.39. The summed E-state index contributed by atoms with van der Waals surface area (Å²) in [6.07, 6.45) is 4.04. The first-order valence-corrected chi connectivity index (χ1v) is 4.62. The fourth-order valence-electron chi connectivity index (χ4n) is 2.39. The maximum Gasteiger partial charge on any atom is 0.0396 e. The van der Waals surface area contributed by atoms with E-state index in [-0.39, 0.29) is 0 Å². The summed E-state index contributed by atoms with van der Waals surface area (Å²) in [4.78, 5) is 0. The van der Waals surface area contributed by atoms with E-state index in [1.807, 2.05) is 0 Å². The molecule has 0 unspecified atom stereocenters. The number of hydrogen-bond donors (Lipinski definition) is 2. The summed E-state index contributed by atoms with van der Waals surface area (Å²) in [5, 5.41) is 6.88. The van der Waals surface area contributed by atoms with Crippen LogP contribution in [0.3, 0.4) is 0 Å². The molecule has 0 amide bonds. The smallest absolute Gasteiger partial charge is 0.0396 e. The molecule has 2 saturated heterocycles. The third kappa shape index (κ3) is 1.18. The zero-order valence-corrected chi connectivity index (χ0v) is 7.24. The number of hydrogen-bond acceptors (Lipinski definition) is 2. The van der Waals surface area contributed by atoms with Gasteiger partial charge in [-0.2, -0.15) is 0 Å². The molecule has 2 aliphatic heterocycles. The van der Waals surface area contributed by atoms with Crippen molar-refractivity contribution in [2.75, 3.05) is 19.6 Å². The molecular weight excluding hydrogens is 136 g/mol. The van der Waals surface area contributed by atoms with Crippen LogP contribution in [-0.2, 0) is 0 Å². The molecule has 0 atom stereocenters. The first kappa shape index (κ1) is 7.56. The summed E-state index contributed by atoms with van der Waals surface area (Å²) in [5.74, 6) is 0. The van der Waals surface area contributed by atoms with Crippen molar-refractivity contribution in [1.82, 2.24) is 10.6 Å². The Balaban J connectivity index is 2.06. The van der Waals surface area contributed by atoms with E-state index in [9.17, 15) is 0 Å². The maximum atomic E-state index is 3.47. The van der Waals surface area contributed by atoms with E-state index >= 15 is 0 Å². The summed E-state index contributed by atoms with van der Waals surface area (Å²) in [7, 11) is 0. The van der Waals surface area contributed by atoms with Crippen LogP contribution >= 0.6 is 0 Å². The molecule has 0 aromatic carbocycles. The van der Waals surface area contributed by atoms with Gasteiger partial charge in [0.1, 0.15) is 0 Å². The second-order valence-corrected chi connectivity index (χ2v) is 3.83. The van der Waals surface area contributed by atoms with E-state index in [0.717, 1.165) is 0 Å². The monoisotopic (exact) mass is 153 g/mol. The molecule has 2 N–H and O–H groups in total. The fourth-order valence-corrected chi connectivity index (χ4v) is 2.39. The molecule has 0 aromatic rings. The van der Waals surface area contributed by atoms with Gasteiger partial charge >= 0.3 is 0 Å². The SMILES string of the molecule is C[C]1NCCC12CCNCC2. The van der Waals surface area contributed by atoms with E-state index in [1.165, 1.54) is 38.9 Å². The van der Waals surface area contributed by atoms with Gasteiger partial charge in [-0.25, -0.2) is 0 Å². The molecule has 2 heteroatoms. The zero-order valence-electron chi connectivity index (χ0n) is 7.24. The first-order chi connectivity index (χ1) is 5.33. The summed E-state index contributed by atoms with van der Waals surface area (Å²) in [6, 6.07) is 1.54. The van der Waals surface area contributed by atoms with Crippen molar-refractivity contribution in [2.24, 2.45) is 5.41 Å². The minimum absolute atomic E-state index is 0.575. The van der Waals surface area contributed by atoms with Gasteiger partial charge in [0, 0.05) is 6.04 Å². The second kappa shape index (κ2) is 2.76. The number of rotatable bonds is 0. The van der Waals surface area contributed by atoms with Gasteiger partial charge < -0.3 is 10.6 Å². The van der Waals surface area contributed by atoms with Crippen LogP contribution in [0.4, 0.5) is 0 Å². The highest BCUT2D eigenvalue weighted by Gasteiger charge is 2.41. The Morgan fingerprint density at radius 2 is 1.73 bits per heavy atom. The van der Waals surface area contributed by atoms with Gasteiger partial charge in [-0.3, -0.25) is 0 Å². The van der Waals surface area contributed by atoms with Crippen LogP contribution in [0.25, 0.3) is 0 Å². The average Bonchev–Trinajstić information content (AvgIpc) is 2.36. The minimum atomic E-state index is 0.575. The predicted octanol–water partition coefficient (Wildman–Crippen LogP) is 0.901. The molecule has 11 heavy (non-hydrogen) atoms. The Hall–Kier alpha value is -0.0800. The molecule has 0 aromatic heterocycles. The van der Waals surface area contributed by atoms with Gasteiger partial charge in [-0.05, 0) is 51.2 Å². The van der Waals surface area contributed by atoms with Crippen LogP contribution < -0.4 is 10.6 Å². The third-order valence-corrected chi connectivity index (χ3v) is 3.35. The van der Waals surface area contributed by atoms with Crippen LogP contribution in [0, 0.1) is 11.5 Å². The Morgan fingerprint density at radius 3 is 2.27 bits per heavy atom. The van der Waals surface area contributed by atoms with Crippen molar-refractivity contribution in [1.29, 1.82) is 0 Å². The highest BCUT2D eigenvalue weighted by Crippen LogP contribution is 2.43. The van der Waals surface area contributed by atoms with Gasteiger partial charge in [0.05, 0.1) is 0 Å². The Morgan fingerprint density at radius 1 is 1.09 bits per heavy atom. The molecule has 1 radical (unpaired) electrons.